The quantitative estimate of drug-likeness (QED) is 0.584. The van der Waals surface area contributed by atoms with Gasteiger partial charge < -0.3 is 4.74 Å². The maximum absolute atomic E-state index is 12.0. The molecule has 0 fully saturated rings. The summed E-state index contributed by atoms with van der Waals surface area (Å²) in [6, 6.07) is 6.06. The van der Waals surface area contributed by atoms with Gasteiger partial charge in [-0.1, -0.05) is 50.9 Å². The maximum Gasteiger partial charge on any atom is 0.573 e. The number of ether oxygens (including phenoxy) is 1. The van der Waals surface area contributed by atoms with Crippen molar-refractivity contribution in [1.82, 2.24) is 0 Å². The van der Waals surface area contributed by atoms with E-state index >= 15 is 0 Å². The van der Waals surface area contributed by atoms with E-state index < -0.39 is 6.36 Å². The van der Waals surface area contributed by atoms with Crippen LogP contribution in [0, 0.1) is 5.41 Å². The summed E-state index contributed by atoms with van der Waals surface area (Å²) < 4.78 is 40.0. The van der Waals surface area contributed by atoms with Crippen molar-refractivity contribution >= 4 is 31.9 Å². The lowest BCUT2D eigenvalue weighted by molar-refractivity contribution is -0.274. The number of hydrogen-bond acceptors (Lipinski definition) is 1. The molecule has 0 radical (unpaired) electrons. The van der Waals surface area contributed by atoms with E-state index in [-0.39, 0.29) is 11.2 Å². The van der Waals surface area contributed by atoms with Crippen LogP contribution in [0.5, 0.6) is 5.75 Å². The molecule has 0 aromatic heterocycles. The van der Waals surface area contributed by atoms with Crippen molar-refractivity contribution in [1.29, 1.82) is 0 Å². The van der Waals surface area contributed by atoms with Gasteiger partial charge >= 0.3 is 6.36 Å². The Bertz CT molecular complexity index is 378. The molecular formula is C13H15Br2F3O. The SMILES string of the molecule is CCC(CBr)(CBr)Cc1ccc(OC(F)(F)F)cc1. The molecule has 0 aliphatic rings. The number of halogens is 5. The lowest BCUT2D eigenvalue weighted by Crippen LogP contribution is -2.26. The van der Waals surface area contributed by atoms with Crippen LogP contribution in [-0.2, 0) is 6.42 Å². The molecule has 0 spiro atoms. The van der Waals surface area contributed by atoms with Gasteiger partial charge in [-0.15, -0.1) is 13.2 Å². The van der Waals surface area contributed by atoms with E-state index in [1.807, 2.05) is 0 Å². The molecule has 0 aliphatic carbocycles. The standard InChI is InChI=1S/C13H15Br2F3O/c1-2-12(8-14,9-15)7-10-3-5-11(6-4-10)19-13(16,17)18/h3-6H,2,7-9H2,1H3. The molecule has 19 heavy (non-hydrogen) atoms. The van der Waals surface area contributed by atoms with Crippen LogP contribution in [-0.4, -0.2) is 17.0 Å². The molecule has 0 bridgehead atoms. The maximum atomic E-state index is 12.0. The van der Waals surface area contributed by atoms with E-state index in [0.29, 0.717) is 0 Å². The minimum absolute atomic E-state index is 0.0758. The predicted octanol–water partition coefficient (Wildman–Crippen LogP) is 5.31. The summed E-state index contributed by atoms with van der Waals surface area (Å²) in [7, 11) is 0. The van der Waals surface area contributed by atoms with E-state index in [1.165, 1.54) is 12.1 Å². The van der Waals surface area contributed by atoms with Crippen LogP contribution in [0.2, 0.25) is 0 Å². The Morgan fingerprint density at radius 3 is 1.95 bits per heavy atom. The molecule has 0 saturated carbocycles. The van der Waals surface area contributed by atoms with E-state index in [1.54, 1.807) is 12.1 Å². The van der Waals surface area contributed by atoms with Gasteiger partial charge in [0.05, 0.1) is 0 Å². The first-order valence-electron chi connectivity index (χ1n) is 5.81. The lowest BCUT2D eigenvalue weighted by atomic mass is 9.83. The van der Waals surface area contributed by atoms with Crippen LogP contribution < -0.4 is 4.74 Å². The van der Waals surface area contributed by atoms with Gasteiger partial charge in [0.15, 0.2) is 0 Å². The molecule has 0 saturated heterocycles. The second-order valence-electron chi connectivity index (χ2n) is 4.49. The molecule has 1 aromatic carbocycles. The van der Waals surface area contributed by atoms with Gasteiger partial charge in [0.1, 0.15) is 5.75 Å². The summed E-state index contributed by atoms with van der Waals surface area (Å²) in [5.41, 5.74) is 1.07. The topological polar surface area (TPSA) is 9.23 Å². The minimum Gasteiger partial charge on any atom is -0.406 e. The number of rotatable bonds is 6. The lowest BCUT2D eigenvalue weighted by Gasteiger charge is -2.28. The van der Waals surface area contributed by atoms with Crippen molar-refractivity contribution in [3.05, 3.63) is 29.8 Å². The summed E-state index contributed by atoms with van der Waals surface area (Å²) in [5, 5.41) is 1.67. The highest BCUT2D eigenvalue weighted by Crippen LogP contribution is 2.32. The summed E-state index contributed by atoms with van der Waals surface area (Å²) in [4.78, 5) is 0. The summed E-state index contributed by atoms with van der Waals surface area (Å²) in [6.45, 7) is 2.10. The zero-order valence-corrected chi connectivity index (χ0v) is 13.6. The van der Waals surface area contributed by atoms with Gasteiger partial charge in [-0.3, -0.25) is 0 Å². The molecule has 1 rings (SSSR count). The minimum atomic E-state index is -4.64. The molecule has 0 aliphatic heterocycles. The summed E-state index contributed by atoms with van der Waals surface area (Å²) in [6.07, 6.45) is -2.86. The van der Waals surface area contributed by atoms with Crippen LogP contribution in [0.1, 0.15) is 18.9 Å². The second kappa shape index (κ2) is 6.97. The molecular weight excluding hydrogens is 389 g/mol. The van der Waals surface area contributed by atoms with Crippen molar-refractivity contribution in [2.45, 2.75) is 26.1 Å². The van der Waals surface area contributed by atoms with Crippen LogP contribution in [0.4, 0.5) is 13.2 Å². The molecule has 1 aromatic rings. The molecule has 1 nitrogen and oxygen atoms in total. The highest BCUT2D eigenvalue weighted by Gasteiger charge is 2.31. The second-order valence-corrected chi connectivity index (χ2v) is 5.61. The van der Waals surface area contributed by atoms with Gasteiger partial charge in [0.2, 0.25) is 0 Å². The molecule has 0 atom stereocenters. The average Bonchev–Trinajstić information content (AvgIpc) is 2.37. The Labute approximate surface area is 127 Å². The van der Waals surface area contributed by atoms with Crippen LogP contribution in [0.25, 0.3) is 0 Å². The first-order chi connectivity index (χ1) is 8.84. The molecule has 6 heteroatoms. The third-order valence-electron chi connectivity index (χ3n) is 3.05. The van der Waals surface area contributed by atoms with E-state index in [4.69, 9.17) is 0 Å². The Morgan fingerprint density at radius 1 is 1.05 bits per heavy atom. The monoisotopic (exact) mass is 402 g/mol. The van der Waals surface area contributed by atoms with Crippen molar-refractivity contribution < 1.29 is 17.9 Å². The highest BCUT2D eigenvalue weighted by atomic mass is 79.9. The molecule has 0 heterocycles. The third-order valence-corrected chi connectivity index (χ3v) is 5.43. The van der Waals surface area contributed by atoms with Crippen molar-refractivity contribution in [3.8, 4) is 5.75 Å². The van der Waals surface area contributed by atoms with Gasteiger partial charge in [0.25, 0.3) is 0 Å². The Balaban J connectivity index is 2.76. The average molecular weight is 404 g/mol. The number of alkyl halides is 5. The molecule has 0 unspecified atom stereocenters. The number of hydrogen-bond donors (Lipinski definition) is 0. The molecule has 0 N–H and O–H groups in total. The largest absolute Gasteiger partial charge is 0.573 e. The van der Waals surface area contributed by atoms with Gasteiger partial charge in [-0.25, -0.2) is 0 Å². The Kier molecular flexibility index (Phi) is 6.17. The fraction of sp³-hybridized carbons (Fsp3) is 0.538. The van der Waals surface area contributed by atoms with Gasteiger partial charge in [0, 0.05) is 10.7 Å². The zero-order chi connectivity index (χ0) is 14.5. The smallest absolute Gasteiger partial charge is 0.406 e. The fourth-order valence-corrected chi connectivity index (χ4v) is 3.80. The first-order valence-corrected chi connectivity index (χ1v) is 8.05. The van der Waals surface area contributed by atoms with Crippen LogP contribution in [0.15, 0.2) is 24.3 Å². The summed E-state index contributed by atoms with van der Waals surface area (Å²) in [5.74, 6) is -0.184. The van der Waals surface area contributed by atoms with Crippen molar-refractivity contribution in [2.24, 2.45) is 5.41 Å². The predicted molar refractivity (Wildman–Crippen MR) is 77.1 cm³/mol. The summed E-state index contributed by atoms with van der Waals surface area (Å²) >= 11 is 7.00. The zero-order valence-electron chi connectivity index (χ0n) is 10.4. The van der Waals surface area contributed by atoms with E-state index in [2.05, 4.69) is 43.5 Å². The first kappa shape index (κ1) is 16.8. The Morgan fingerprint density at radius 2 is 1.58 bits per heavy atom. The normalized spacial score (nSPS) is 12.5. The highest BCUT2D eigenvalue weighted by molar-refractivity contribution is 9.09. The van der Waals surface area contributed by atoms with E-state index in [9.17, 15) is 13.2 Å². The molecule has 0 amide bonds. The molecule has 108 valence electrons. The third kappa shape index (κ3) is 5.34. The van der Waals surface area contributed by atoms with Crippen LogP contribution >= 0.6 is 31.9 Å². The van der Waals surface area contributed by atoms with Gasteiger partial charge in [-0.05, 0) is 36.0 Å². The van der Waals surface area contributed by atoms with E-state index in [0.717, 1.165) is 29.1 Å². The van der Waals surface area contributed by atoms with Crippen molar-refractivity contribution in [3.63, 3.8) is 0 Å². The Hall–Kier alpha value is -0.230. The number of benzene rings is 1. The van der Waals surface area contributed by atoms with Crippen LogP contribution in [0.3, 0.4) is 0 Å². The van der Waals surface area contributed by atoms with Crippen molar-refractivity contribution in [2.75, 3.05) is 10.7 Å². The fourth-order valence-electron chi connectivity index (χ4n) is 1.69. The van der Waals surface area contributed by atoms with Gasteiger partial charge in [-0.2, -0.15) is 0 Å².